The highest BCUT2D eigenvalue weighted by atomic mass is 16.2. The number of nitrogens with zero attached hydrogens (tertiary/aromatic N) is 3. The van der Waals surface area contributed by atoms with E-state index in [4.69, 9.17) is 0 Å². The van der Waals surface area contributed by atoms with Crippen LogP contribution in [0.25, 0.3) is 0 Å². The summed E-state index contributed by atoms with van der Waals surface area (Å²) in [6.07, 6.45) is 3.18. The van der Waals surface area contributed by atoms with Gasteiger partial charge in [0, 0.05) is 6.20 Å². The molecular formula is C14H14N6O2. The molecule has 0 bridgehead atoms. The first-order chi connectivity index (χ1) is 10.7. The molecule has 2 aromatic heterocycles. The van der Waals surface area contributed by atoms with Crippen molar-refractivity contribution >= 4 is 5.91 Å². The van der Waals surface area contributed by atoms with Gasteiger partial charge in [0.2, 0.25) is 0 Å². The normalized spacial score (nSPS) is 10.5. The van der Waals surface area contributed by atoms with Gasteiger partial charge in [0.1, 0.15) is 5.82 Å². The maximum atomic E-state index is 12.0. The van der Waals surface area contributed by atoms with E-state index < -0.39 is 5.69 Å². The molecule has 0 saturated carbocycles. The zero-order chi connectivity index (χ0) is 15.4. The Kier molecular flexibility index (Phi) is 3.82. The van der Waals surface area contributed by atoms with Crippen LogP contribution in [0.1, 0.15) is 21.7 Å². The number of rotatable bonds is 5. The number of carbonyl (C=O) groups excluding carboxylic acids is 1. The second kappa shape index (κ2) is 6.08. The Morgan fingerprint density at radius 1 is 1.27 bits per heavy atom. The van der Waals surface area contributed by atoms with Crippen molar-refractivity contribution in [2.75, 3.05) is 0 Å². The lowest BCUT2D eigenvalue weighted by molar-refractivity contribution is 0.0950. The minimum absolute atomic E-state index is 0.140. The molecule has 112 valence electrons. The minimum Gasteiger partial charge on any atom is -0.345 e. The third-order valence-electron chi connectivity index (χ3n) is 3.05. The molecule has 8 heteroatoms. The lowest BCUT2D eigenvalue weighted by Crippen LogP contribution is -2.23. The Morgan fingerprint density at radius 2 is 2.09 bits per heavy atom. The molecule has 0 aliphatic rings. The first kappa shape index (κ1) is 13.8. The Bertz CT molecular complexity index is 817. The number of aromatic nitrogens is 5. The molecule has 3 aromatic rings. The summed E-state index contributed by atoms with van der Waals surface area (Å²) in [4.78, 5) is 25.3. The number of amides is 1. The van der Waals surface area contributed by atoms with E-state index in [1.165, 1.54) is 6.20 Å². The van der Waals surface area contributed by atoms with E-state index in [9.17, 15) is 9.59 Å². The Morgan fingerprint density at radius 3 is 2.82 bits per heavy atom. The van der Waals surface area contributed by atoms with E-state index in [0.29, 0.717) is 17.9 Å². The molecule has 22 heavy (non-hydrogen) atoms. The molecule has 3 N–H and O–H groups in total. The van der Waals surface area contributed by atoms with Crippen molar-refractivity contribution < 1.29 is 4.79 Å². The van der Waals surface area contributed by atoms with Crippen molar-refractivity contribution in [3.8, 4) is 0 Å². The Hall–Kier alpha value is -3.16. The number of benzene rings is 1. The van der Waals surface area contributed by atoms with Crippen LogP contribution in [0.4, 0.5) is 0 Å². The summed E-state index contributed by atoms with van der Waals surface area (Å²) in [5.74, 6) is 0.0955. The molecular weight excluding hydrogens is 284 g/mol. The number of H-pyrrole nitrogens is 2. The maximum Gasteiger partial charge on any atom is 0.340 e. The quantitative estimate of drug-likeness (QED) is 0.628. The number of carbonyl (C=O) groups is 1. The number of hydrogen-bond donors (Lipinski definition) is 3. The van der Waals surface area contributed by atoms with Gasteiger partial charge in [0.15, 0.2) is 0 Å². The van der Waals surface area contributed by atoms with Crippen LogP contribution in [-0.2, 0) is 13.1 Å². The SMILES string of the molecule is O=C(NCc1n[nH]c(=O)[nH]1)c1cnn(Cc2ccccc2)c1. The highest BCUT2D eigenvalue weighted by Gasteiger charge is 2.09. The molecule has 0 unspecified atom stereocenters. The Labute approximate surface area is 125 Å². The molecule has 0 atom stereocenters. The number of aromatic amines is 2. The van der Waals surface area contributed by atoms with Crippen molar-refractivity contribution in [3.05, 3.63) is 70.2 Å². The van der Waals surface area contributed by atoms with Gasteiger partial charge in [0.25, 0.3) is 5.91 Å². The smallest absolute Gasteiger partial charge is 0.340 e. The zero-order valence-corrected chi connectivity index (χ0v) is 11.6. The van der Waals surface area contributed by atoms with Gasteiger partial charge >= 0.3 is 5.69 Å². The molecule has 2 heterocycles. The van der Waals surface area contributed by atoms with Gasteiger partial charge in [-0.15, -0.1) is 0 Å². The molecule has 0 aliphatic heterocycles. The fourth-order valence-electron chi connectivity index (χ4n) is 1.99. The molecule has 1 amide bonds. The number of nitrogens with one attached hydrogen (secondary N) is 3. The van der Waals surface area contributed by atoms with Gasteiger partial charge in [-0.1, -0.05) is 30.3 Å². The molecule has 0 saturated heterocycles. The highest BCUT2D eigenvalue weighted by Crippen LogP contribution is 2.04. The summed E-state index contributed by atoms with van der Waals surface area (Å²) in [6, 6.07) is 9.85. The van der Waals surface area contributed by atoms with Gasteiger partial charge < -0.3 is 5.32 Å². The molecule has 0 spiro atoms. The van der Waals surface area contributed by atoms with Crippen LogP contribution in [0.3, 0.4) is 0 Å². The van der Waals surface area contributed by atoms with Crippen molar-refractivity contribution in [2.45, 2.75) is 13.1 Å². The summed E-state index contributed by atoms with van der Waals surface area (Å²) < 4.78 is 1.70. The number of hydrogen-bond acceptors (Lipinski definition) is 4. The van der Waals surface area contributed by atoms with E-state index in [2.05, 4.69) is 25.6 Å². The molecule has 0 fully saturated rings. The second-order valence-corrected chi connectivity index (χ2v) is 4.72. The van der Waals surface area contributed by atoms with E-state index in [1.807, 2.05) is 30.3 Å². The standard InChI is InChI=1S/C14H14N6O2/c21-13(15-7-12-17-14(22)19-18-12)11-6-16-20(9-11)8-10-4-2-1-3-5-10/h1-6,9H,7-8H2,(H,15,21)(H2,17,18,19,22). The monoisotopic (exact) mass is 298 g/mol. The average Bonchev–Trinajstić information content (AvgIpc) is 3.15. The van der Waals surface area contributed by atoms with Crippen molar-refractivity contribution in [1.82, 2.24) is 30.3 Å². The highest BCUT2D eigenvalue weighted by molar-refractivity contribution is 5.93. The fourth-order valence-corrected chi connectivity index (χ4v) is 1.99. The van der Waals surface area contributed by atoms with Crippen LogP contribution in [-0.4, -0.2) is 30.9 Å². The van der Waals surface area contributed by atoms with E-state index in [0.717, 1.165) is 5.56 Å². The lowest BCUT2D eigenvalue weighted by atomic mass is 10.2. The summed E-state index contributed by atoms with van der Waals surface area (Å²) in [5, 5.41) is 12.8. The van der Waals surface area contributed by atoms with Gasteiger partial charge in [-0.2, -0.15) is 10.2 Å². The van der Waals surface area contributed by atoms with Crippen LogP contribution < -0.4 is 11.0 Å². The van der Waals surface area contributed by atoms with Crippen LogP contribution in [0.2, 0.25) is 0 Å². The fraction of sp³-hybridized carbons (Fsp3) is 0.143. The van der Waals surface area contributed by atoms with Crippen molar-refractivity contribution in [1.29, 1.82) is 0 Å². The second-order valence-electron chi connectivity index (χ2n) is 4.72. The third-order valence-corrected chi connectivity index (χ3v) is 3.05. The van der Waals surface area contributed by atoms with E-state index >= 15 is 0 Å². The summed E-state index contributed by atoms with van der Waals surface area (Å²) >= 11 is 0. The van der Waals surface area contributed by atoms with Crippen molar-refractivity contribution in [2.24, 2.45) is 0 Å². The predicted molar refractivity (Wildman–Crippen MR) is 78.1 cm³/mol. The predicted octanol–water partition coefficient (Wildman–Crippen LogP) is 0.273. The Balaban J connectivity index is 1.60. The molecule has 0 radical (unpaired) electrons. The third kappa shape index (κ3) is 3.29. The first-order valence-corrected chi connectivity index (χ1v) is 6.69. The van der Waals surface area contributed by atoms with Crippen LogP contribution in [0.15, 0.2) is 47.5 Å². The van der Waals surface area contributed by atoms with Crippen LogP contribution >= 0.6 is 0 Å². The lowest BCUT2D eigenvalue weighted by Gasteiger charge is -2.01. The maximum absolute atomic E-state index is 12.0. The zero-order valence-electron chi connectivity index (χ0n) is 11.6. The molecule has 1 aromatic carbocycles. The molecule has 8 nitrogen and oxygen atoms in total. The van der Waals surface area contributed by atoms with Gasteiger partial charge in [0.05, 0.1) is 24.8 Å². The van der Waals surface area contributed by atoms with Crippen LogP contribution in [0, 0.1) is 0 Å². The summed E-state index contributed by atoms with van der Waals surface area (Å²) in [7, 11) is 0. The van der Waals surface area contributed by atoms with Crippen LogP contribution in [0.5, 0.6) is 0 Å². The summed E-state index contributed by atoms with van der Waals surface area (Å²) in [5.41, 5.74) is 1.15. The largest absolute Gasteiger partial charge is 0.345 e. The van der Waals surface area contributed by atoms with Gasteiger partial charge in [-0.3, -0.25) is 14.5 Å². The van der Waals surface area contributed by atoms with E-state index in [-0.39, 0.29) is 12.5 Å². The minimum atomic E-state index is -0.403. The topological polar surface area (TPSA) is 108 Å². The van der Waals surface area contributed by atoms with E-state index in [1.54, 1.807) is 10.9 Å². The first-order valence-electron chi connectivity index (χ1n) is 6.69. The summed E-state index contributed by atoms with van der Waals surface area (Å²) in [6.45, 7) is 0.738. The van der Waals surface area contributed by atoms with Gasteiger partial charge in [-0.05, 0) is 5.56 Å². The van der Waals surface area contributed by atoms with Crippen molar-refractivity contribution in [3.63, 3.8) is 0 Å². The van der Waals surface area contributed by atoms with Gasteiger partial charge in [-0.25, -0.2) is 9.89 Å². The molecule has 3 rings (SSSR count). The average molecular weight is 298 g/mol. The molecule has 0 aliphatic carbocycles.